The second kappa shape index (κ2) is 8.63. The molecule has 0 fully saturated rings. The number of benzene rings is 1. The Balaban J connectivity index is 1.50. The molecule has 0 amide bonds. The van der Waals surface area contributed by atoms with Crippen LogP contribution < -0.4 is 4.74 Å². The number of H-pyrrole nitrogens is 1. The Bertz CT molecular complexity index is 1230. The van der Waals surface area contributed by atoms with Crippen molar-refractivity contribution >= 4 is 5.97 Å². The van der Waals surface area contributed by atoms with Crippen LogP contribution in [0.25, 0.3) is 33.9 Å². The quantitative estimate of drug-likeness (QED) is 0.430. The van der Waals surface area contributed by atoms with E-state index in [-0.39, 0.29) is 6.61 Å². The van der Waals surface area contributed by atoms with Crippen molar-refractivity contribution in [1.82, 2.24) is 19.9 Å². The van der Waals surface area contributed by atoms with Gasteiger partial charge in [0.2, 0.25) is 5.88 Å². The van der Waals surface area contributed by atoms with Gasteiger partial charge in [0.25, 0.3) is 0 Å². The zero-order valence-electron chi connectivity index (χ0n) is 18.2. The largest absolute Gasteiger partial charge is 0.481 e. The van der Waals surface area contributed by atoms with E-state index in [1.165, 1.54) is 0 Å². The van der Waals surface area contributed by atoms with Gasteiger partial charge in [-0.15, -0.1) is 0 Å². The van der Waals surface area contributed by atoms with Crippen LogP contribution in [0.1, 0.15) is 19.4 Å². The van der Waals surface area contributed by atoms with E-state index in [1.807, 2.05) is 49.4 Å². The molecule has 1 aromatic carbocycles. The molecule has 0 aliphatic carbocycles. The predicted octanol–water partition coefficient (Wildman–Crippen LogP) is 5.00. The third-order valence-electron chi connectivity index (χ3n) is 5.22. The van der Waals surface area contributed by atoms with Crippen molar-refractivity contribution in [3.05, 3.63) is 72.7 Å². The van der Waals surface area contributed by atoms with Crippen LogP contribution in [0.15, 0.2) is 67.1 Å². The molecule has 4 aromatic rings. The molecule has 0 unspecified atom stereocenters. The topological polar surface area (TPSA) is 101 Å². The molecule has 0 bridgehead atoms. The van der Waals surface area contributed by atoms with Crippen molar-refractivity contribution in [2.24, 2.45) is 5.41 Å². The van der Waals surface area contributed by atoms with Crippen LogP contribution in [0.5, 0.6) is 5.88 Å². The summed E-state index contributed by atoms with van der Waals surface area (Å²) < 4.78 is 5.60. The molecule has 7 nitrogen and oxygen atoms in total. The van der Waals surface area contributed by atoms with Crippen LogP contribution >= 0.6 is 0 Å². The Hall–Kier alpha value is -4.00. The van der Waals surface area contributed by atoms with Gasteiger partial charge in [-0.05, 0) is 38.0 Å². The lowest BCUT2D eigenvalue weighted by Gasteiger charge is -2.19. The zero-order valence-corrected chi connectivity index (χ0v) is 18.2. The SMILES string of the molecule is Cc1cc(OCC(C)(C)C(=O)O)ncc1-c1ccc(-c2ncc(-c3ccccc3)[nH]2)nc1. The van der Waals surface area contributed by atoms with Gasteiger partial charge < -0.3 is 14.8 Å². The van der Waals surface area contributed by atoms with E-state index in [9.17, 15) is 9.90 Å². The Kier molecular flexibility index (Phi) is 5.73. The first-order valence-electron chi connectivity index (χ1n) is 10.2. The molecule has 3 heterocycles. The first kappa shape index (κ1) is 21.2. The zero-order chi connectivity index (χ0) is 22.7. The maximum atomic E-state index is 11.2. The fraction of sp³-hybridized carbons (Fsp3) is 0.200. The third kappa shape index (κ3) is 4.51. The number of aromatic nitrogens is 4. The molecule has 0 saturated carbocycles. The normalized spacial score (nSPS) is 11.3. The minimum Gasteiger partial charge on any atom is -0.481 e. The maximum absolute atomic E-state index is 11.2. The molecule has 0 aliphatic rings. The number of carboxylic acid groups (broad SMARTS) is 1. The number of aliphatic carboxylic acids is 1. The lowest BCUT2D eigenvalue weighted by molar-refractivity contribution is -0.148. The van der Waals surface area contributed by atoms with Gasteiger partial charge in [-0.25, -0.2) is 9.97 Å². The first-order chi connectivity index (χ1) is 15.3. The standard InChI is InChI=1S/C25H24N4O3/c1-16-11-22(32-15-25(2,3)24(30)31)27-13-19(16)18-9-10-20(26-12-18)23-28-14-21(29-23)17-7-5-4-6-8-17/h4-14H,15H2,1-3H3,(H,28,29)(H,30,31). The van der Waals surface area contributed by atoms with E-state index in [1.54, 1.807) is 38.5 Å². The number of carbonyl (C=O) groups is 1. The fourth-order valence-corrected chi connectivity index (χ4v) is 3.14. The van der Waals surface area contributed by atoms with Crippen molar-refractivity contribution in [3.8, 4) is 39.8 Å². The molecular formula is C25H24N4O3. The summed E-state index contributed by atoms with van der Waals surface area (Å²) in [4.78, 5) is 27.9. The molecule has 0 aliphatic heterocycles. The molecule has 0 atom stereocenters. The van der Waals surface area contributed by atoms with Crippen molar-refractivity contribution in [2.45, 2.75) is 20.8 Å². The van der Waals surface area contributed by atoms with Gasteiger partial charge >= 0.3 is 5.97 Å². The number of nitrogens with one attached hydrogen (secondary N) is 1. The van der Waals surface area contributed by atoms with Crippen LogP contribution in [-0.4, -0.2) is 37.6 Å². The average Bonchev–Trinajstić information content (AvgIpc) is 3.29. The highest BCUT2D eigenvalue weighted by molar-refractivity contribution is 5.73. The smallest absolute Gasteiger partial charge is 0.312 e. The number of carboxylic acids is 1. The first-order valence-corrected chi connectivity index (χ1v) is 10.2. The van der Waals surface area contributed by atoms with Crippen molar-refractivity contribution < 1.29 is 14.6 Å². The molecule has 0 saturated heterocycles. The molecule has 4 rings (SSSR count). The Morgan fingerprint density at radius 1 is 1.00 bits per heavy atom. The summed E-state index contributed by atoms with van der Waals surface area (Å²) >= 11 is 0. The number of imidazole rings is 1. The number of hydrogen-bond donors (Lipinski definition) is 2. The third-order valence-corrected chi connectivity index (χ3v) is 5.22. The Morgan fingerprint density at radius 2 is 1.78 bits per heavy atom. The summed E-state index contributed by atoms with van der Waals surface area (Å²) in [5, 5.41) is 9.22. The number of ether oxygens (including phenoxy) is 1. The van der Waals surface area contributed by atoms with E-state index >= 15 is 0 Å². The van der Waals surface area contributed by atoms with Gasteiger partial charge in [0.1, 0.15) is 12.3 Å². The van der Waals surface area contributed by atoms with Gasteiger partial charge in [-0.3, -0.25) is 9.78 Å². The summed E-state index contributed by atoms with van der Waals surface area (Å²) in [7, 11) is 0. The molecule has 162 valence electrons. The van der Waals surface area contributed by atoms with Crippen LogP contribution in [0.2, 0.25) is 0 Å². The molecule has 7 heteroatoms. The van der Waals surface area contributed by atoms with E-state index in [0.29, 0.717) is 11.7 Å². The van der Waals surface area contributed by atoms with Gasteiger partial charge in [-0.2, -0.15) is 0 Å². The summed E-state index contributed by atoms with van der Waals surface area (Å²) in [5.74, 6) is 0.189. The van der Waals surface area contributed by atoms with Crippen molar-refractivity contribution in [1.29, 1.82) is 0 Å². The monoisotopic (exact) mass is 428 g/mol. The van der Waals surface area contributed by atoms with Gasteiger partial charge in [-0.1, -0.05) is 36.4 Å². The van der Waals surface area contributed by atoms with Gasteiger partial charge in [0, 0.05) is 29.6 Å². The Labute approximate surface area is 186 Å². The van der Waals surface area contributed by atoms with E-state index in [4.69, 9.17) is 4.74 Å². The molecule has 2 N–H and O–H groups in total. The van der Waals surface area contributed by atoms with E-state index in [2.05, 4.69) is 19.9 Å². The van der Waals surface area contributed by atoms with Crippen LogP contribution in [0, 0.1) is 12.3 Å². The second-order valence-corrected chi connectivity index (χ2v) is 8.26. The molecule has 3 aromatic heterocycles. The number of rotatable bonds is 7. The second-order valence-electron chi connectivity index (χ2n) is 8.26. The number of aryl methyl sites for hydroxylation is 1. The van der Waals surface area contributed by atoms with E-state index < -0.39 is 11.4 Å². The summed E-state index contributed by atoms with van der Waals surface area (Å²) in [6.07, 6.45) is 5.31. The molecule has 32 heavy (non-hydrogen) atoms. The lowest BCUT2D eigenvalue weighted by Crippen LogP contribution is -2.30. The van der Waals surface area contributed by atoms with E-state index in [0.717, 1.165) is 33.6 Å². The molecular weight excluding hydrogens is 404 g/mol. The Morgan fingerprint density at radius 3 is 2.44 bits per heavy atom. The number of nitrogens with zero attached hydrogens (tertiary/aromatic N) is 3. The maximum Gasteiger partial charge on any atom is 0.312 e. The molecule has 0 spiro atoms. The average molecular weight is 428 g/mol. The predicted molar refractivity (Wildman–Crippen MR) is 122 cm³/mol. The summed E-state index contributed by atoms with van der Waals surface area (Å²) in [6.45, 7) is 5.23. The number of hydrogen-bond acceptors (Lipinski definition) is 5. The fourth-order valence-electron chi connectivity index (χ4n) is 3.14. The van der Waals surface area contributed by atoms with Crippen molar-refractivity contribution in [3.63, 3.8) is 0 Å². The highest BCUT2D eigenvalue weighted by Crippen LogP contribution is 2.27. The highest BCUT2D eigenvalue weighted by Gasteiger charge is 2.28. The van der Waals surface area contributed by atoms with Crippen LogP contribution in [-0.2, 0) is 4.79 Å². The summed E-state index contributed by atoms with van der Waals surface area (Å²) in [5.41, 5.74) is 4.58. The molecule has 0 radical (unpaired) electrons. The number of aromatic amines is 1. The highest BCUT2D eigenvalue weighted by atomic mass is 16.5. The van der Waals surface area contributed by atoms with Crippen LogP contribution in [0.3, 0.4) is 0 Å². The van der Waals surface area contributed by atoms with Crippen molar-refractivity contribution in [2.75, 3.05) is 6.61 Å². The minimum atomic E-state index is -0.986. The minimum absolute atomic E-state index is 0.0402. The lowest BCUT2D eigenvalue weighted by atomic mass is 9.95. The van der Waals surface area contributed by atoms with Gasteiger partial charge in [0.05, 0.1) is 17.3 Å². The summed E-state index contributed by atoms with van der Waals surface area (Å²) in [6, 6.07) is 15.7. The van der Waals surface area contributed by atoms with Gasteiger partial charge in [0.15, 0.2) is 5.82 Å². The van der Waals surface area contributed by atoms with Crippen LogP contribution in [0.4, 0.5) is 0 Å². The number of pyridine rings is 2.